The Bertz CT molecular complexity index is 1080. The largest absolute Gasteiger partial charge is 0.462 e. The topological polar surface area (TPSA) is 93.1 Å². The van der Waals surface area contributed by atoms with Crippen molar-refractivity contribution in [1.82, 2.24) is 0 Å². The van der Waals surface area contributed by atoms with Crippen molar-refractivity contribution < 1.29 is 29.3 Å². The smallest absolute Gasteiger partial charge is 0.336 e. The number of benzene rings is 2. The molecule has 0 saturated heterocycles. The molecule has 0 fully saturated rings. The number of hydrogen-bond acceptors (Lipinski definition) is 6. The van der Waals surface area contributed by atoms with Crippen molar-refractivity contribution in [1.29, 1.82) is 0 Å². The standard InChI is InChI=1S/C33H44O6/c1-7-8-9-10-28-15-18-31(22(2)19-28)30-16-13-27(14-17-30)11-12-29(20-38-32(36)23(3)25(5)34)21-39-33(37)24(4)26(6)35/h13-19,25-26,29,34-35H,3-4,7-12,20-21H2,1-2,5-6H3. The number of carbonyl (C=O) groups is 2. The summed E-state index contributed by atoms with van der Waals surface area (Å²) in [5, 5.41) is 19.1. The van der Waals surface area contributed by atoms with Gasteiger partial charge in [-0.15, -0.1) is 0 Å². The third-order valence-electron chi connectivity index (χ3n) is 6.90. The van der Waals surface area contributed by atoms with Gasteiger partial charge in [0.25, 0.3) is 0 Å². The number of ether oxygens (including phenoxy) is 2. The van der Waals surface area contributed by atoms with Crippen molar-refractivity contribution in [3.05, 3.63) is 83.5 Å². The summed E-state index contributed by atoms with van der Waals surface area (Å²) in [6, 6.07) is 15.1. The van der Waals surface area contributed by atoms with Gasteiger partial charge in [0.15, 0.2) is 0 Å². The molecule has 0 aliphatic heterocycles. The molecule has 0 amide bonds. The number of hydrogen-bond donors (Lipinski definition) is 2. The van der Waals surface area contributed by atoms with Gasteiger partial charge in [-0.2, -0.15) is 0 Å². The second kappa shape index (κ2) is 16.0. The zero-order chi connectivity index (χ0) is 28.9. The molecule has 0 aliphatic carbocycles. The molecule has 2 aromatic carbocycles. The van der Waals surface area contributed by atoms with Crippen LogP contribution in [0.25, 0.3) is 11.1 Å². The monoisotopic (exact) mass is 536 g/mol. The number of carbonyl (C=O) groups excluding carboxylic acids is 2. The van der Waals surface area contributed by atoms with E-state index in [9.17, 15) is 19.8 Å². The zero-order valence-electron chi connectivity index (χ0n) is 23.9. The number of esters is 2. The maximum absolute atomic E-state index is 12.1. The van der Waals surface area contributed by atoms with Crippen LogP contribution in [0.5, 0.6) is 0 Å². The minimum Gasteiger partial charge on any atom is -0.462 e. The van der Waals surface area contributed by atoms with Crippen LogP contribution in [0.15, 0.2) is 66.8 Å². The van der Waals surface area contributed by atoms with E-state index >= 15 is 0 Å². The normalized spacial score (nSPS) is 13.3. The van der Waals surface area contributed by atoms with Crippen molar-refractivity contribution >= 4 is 11.9 Å². The van der Waals surface area contributed by atoms with Crippen LogP contribution in [0, 0.1) is 12.8 Å². The second-order valence-corrected chi connectivity index (χ2v) is 10.3. The molecule has 0 radical (unpaired) electrons. The highest BCUT2D eigenvalue weighted by atomic mass is 16.5. The van der Waals surface area contributed by atoms with Crippen LogP contribution < -0.4 is 0 Å². The molecular formula is C33H44O6. The summed E-state index contributed by atoms with van der Waals surface area (Å²) in [6.07, 6.45) is 4.05. The van der Waals surface area contributed by atoms with Crippen LogP contribution in [0.3, 0.4) is 0 Å². The molecule has 0 heterocycles. The molecule has 212 valence electrons. The fraction of sp³-hybridized carbons (Fsp3) is 0.455. The number of aryl methyl sites for hydroxylation is 3. The van der Waals surface area contributed by atoms with Gasteiger partial charge in [-0.05, 0) is 74.3 Å². The fourth-order valence-electron chi connectivity index (χ4n) is 4.13. The van der Waals surface area contributed by atoms with Gasteiger partial charge in [0.1, 0.15) is 0 Å². The third kappa shape index (κ3) is 10.5. The molecule has 0 aliphatic rings. The van der Waals surface area contributed by atoms with Crippen molar-refractivity contribution in [2.24, 2.45) is 5.92 Å². The van der Waals surface area contributed by atoms with Crippen LogP contribution in [-0.2, 0) is 31.9 Å². The molecule has 2 N–H and O–H groups in total. The van der Waals surface area contributed by atoms with Crippen LogP contribution in [-0.4, -0.2) is 47.6 Å². The van der Waals surface area contributed by atoms with Gasteiger partial charge in [0.05, 0.1) is 36.6 Å². The highest BCUT2D eigenvalue weighted by Crippen LogP contribution is 2.26. The Morgan fingerprint density at radius 2 is 1.36 bits per heavy atom. The van der Waals surface area contributed by atoms with E-state index in [1.165, 1.54) is 49.8 Å². The lowest BCUT2D eigenvalue weighted by atomic mass is 9.94. The molecule has 39 heavy (non-hydrogen) atoms. The minimum absolute atomic E-state index is 0.000884. The quantitative estimate of drug-likeness (QED) is 0.158. The van der Waals surface area contributed by atoms with Crippen molar-refractivity contribution in [2.75, 3.05) is 13.2 Å². The Morgan fingerprint density at radius 1 is 0.821 bits per heavy atom. The number of aliphatic hydroxyl groups excluding tert-OH is 2. The first-order valence-corrected chi connectivity index (χ1v) is 13.8. The van der Waals surface area contributed by atoms with Crippen LogP contribution in [0.4, 0.5) is 0 Å². The third-order valence-corrected chi connectivity index (χ3v) is 6.90. The lowest BCUT2D eigenvalue weighted by molar-refractivity contribution is -0.145. The molecule has 0 spiro atoms. The summed E-state index contributed by atoms with van der Waals surface area (Å²) in [5.41, 5.74) is 6.05. The SMILES string of the molecule is C=C(C(=O)OCC(CCc1ccc(-c2ccc(CCCCC)cc2C)cc1)COC(=O)C(=C)C(C)O)C(C)O. The van der Waals surface area contributed by atoms with E-state index in [1.807, 2.05) is 0 Å². The van der Waals surface area contributed by atoms with E-state index in [0.717, 1.165) is 17.5 Å². The second-order valence-electron chi connectivity index (χ2n) is 10.3. The lowest BCUT2D eigenvalue weighted by Crippen LogP contribution is -2.25. The maximum Gasteiger partial charge on any atom is 0.336 e. The molecule has 2 atom stereocenters. The average Bonchev–Trinajstić information content (AvgIpc) is 2.91. The number of rotatable bonds is 16. The molecule has 0 saturated carbocycles. The molecule has 0 aromatic heterocycles. The van der Waals surface area contributed by atoms with Gasteiger partial charge in [0, 0.05) is 5.92 Å². The molecule has 6 nitrogen and oxygen atoms in total. The summed E-state index contributed by atoms with van der Waals surface area (Å²) in [4.78, 5) is 24.3. The summed E-state index contributed by atoms with van der Waals surface area (Å²) in [6.45, 7) is 14.4. The Morgan fingerprint density at radius 3 is 1.85 bits per heavy atom. The first-order valence-electron chi connectivity index (χ1n) is 13.8. The number of aliphatic hydroxyl groups is 2. The Labute approximate surface area is 233 Å². The molecule has 2 rings (SSSR count). The van der Waals surface area contributed by atoms with Crippen LogP contribution >= 0.6 is 0 Å². The Kier molecular flexibility index (Phi) is 13.1. The van der Waals surface area contributed by atoms with Gasteiger partial charge >= 0.3 is 11.9 Å². The van der Waals surface area contributed by atoms with E-state index in [4.69, 9.17) is 9.47 Å². The summed E-state index contributed by atoms with van der Waals surface area (Å²) >= 11 is 0. The highest BCUT2D eigenvalue weighted by molar-refractivity contribution is 5.89. The molecule has 6 heteroatoms. The van der Waals surface area contributed by atoms with E-state index in [2.05, 4.69) is 69.5 Å². The Hall–Kier alpha value is -3.22. The van der Waals surface area contributed by atoms with E-state index in [1.54, 1.807) is 0 Å². The van der Waals surface area contributed by atoms with Gasteiger partial charge < -0.3 is 19.7 Å². The fourth-order valence-corrected chi connectivity index (χ4v) is 4.13. The lowest BCUT2D eigenvalue weighted by Gasteiger charge is -2.19. The number of unbranched alkanes of at least 4 members (excludes halogenated alkanes) is 2. The summed E-state index contributed by atoms with van der Waals surface area (Å²) in [5.74, 6) is -1.67. The average molecular weight is 537 g/mol. The van der Waals surface area contributed by atoms with Gasteiger partial charge in [-0.1, -0.05) is 75.4 Å². The minimum atomic E-state index is -1.01. The van der Waals surface area contributed by atoms with Gasteiger partial charge in [-0.25, -0.2) is 9.59 Å². The maximum atomic E-state index is 12.1. The van der Waals surface area contributed by atoms with E-state index in [0.29, 0.717) is 12.8 Å². The van der Waals surface area contributed by atoms with Crippen LogP contribution in [0.1, 0.15) is 63.1 Å². The summed E-state index contributed by atoms with van der Waals surface area (Å²) < 4.78 is 10.6. The molecular weight excluding hydrogens is 492 g/mol. The molecule has 2 unspecified atom stereocenters. The molecule has 0 bridgehead atoms. The first-order chi connectivity index (χ1) is 18.5. The van der Waals surface area contributed by atoms with Crippen molar-refractivity contribution in [3.8, 4) is 11.1 Å². The predicted octanol–water partition coefficient (Wildman–Crippen LogP) is 5.90. The highest BCUT2D eigenvalue weighted by Gasteiger charge is 2.20. The van der Waals surface area contributed by atoms with E-state index in [-0.39, 0.29) is 30.3 Å². The predicted molar refractivity (Wildman–Crippen MR) is 155 cm³/mol. The summed E-state index contributed by atoms with van der Waals surface area (Å²) in [7, 11) is 0. The van der Waals surface area contributed by atoms with Crippen LogP contribution in [0.2, 0.25) is 0 Å². The van der Waals surface area contributed by atoms with Crippen molar-refractivity contribution in [2.45, 2.75) is 78.4 Å². The van der Waals surface area contributed by atoms with E-state index < -0.39 is 24.1 Å². The van der Waals surface area contributed by atoms with Crippen molar-refractivity contribution in [3.63, 3.8) is 0 Å². The first kappa shape index (κ1) is 32.0. The Balaban J connectivity index is 2.03. The van der Waals surface area contributed by atoms with Gasteiger partial charge in [0.2, 0.25) is 0 Å². The van der Waals surface area contributed by atoms with Gasteiger partial charge in [-0.3, -0.25) is 0 Å². The molecule has 2 aromatic rings. The zero-order valence-corrected chi connectivity index (χ0v) is 23.9.